The van der Waals surface area contributed by atoms with Gasteiger partial charge in [0.2, 0.25) is 11.8 Å². The average molecular weight is 913 g/mol. The first-order chi connectivity index (χ1) is 30.5. The van der Waals surface area contributed by atoms with Gasteiger partial charge in [-0.15, -0.1) is 0 Å². The molecule has 0 radical (unpaired) electrons. The Bertz CT molecular complexity index is 2800. The van der Waals surface area contributed by atoms with E-state index in [1.807, 2.05) is 0 Å². The molecule has 342 valence electrons. The number of hydrogen-bond acceptors (Lipinski definition) is 12. The Labute approximate surface area is 364 Å². The summed E-state index contributed by atoms with van der Waals surface area (Å²) in [7, 11) is 0.106. The van der Waals surface area contributed by atoms with Crippen molar-refractivity contribution < 1.29 is 40.4 Å². The Morgan fingerprint density at radius 1 is 1.02 bits per heavy atom. The Morgan fingerprint density at radius 2 is 1.77 bits per heavy atom. The predicted molar refractivity (Wildman–Crippen MR) is 227 cm³/mol. The third kappa shape index (κ3) is 8.11. The van der Waals surface area contributed by atoms with Gasteiger partial charge >= 0.3 is 5.69 Å². The Balaban J connectivity index is 0.825. The lowest BCUT2D eigenvalue weighted by Gasteiger charge is -2.44. The number of rotatable bonds is 10. The molecule has 0 spiro atoms. The van der Waals surface area contributed by atoms with Gasteiger partial charge in [0.1, 0.15) is 17.4 Å². The first-order valence-corrected chi connectivity index (χ1v) is 23.1. The molecular weight excluding hydrogens is 865 g/mol. The number of halogens is 4. The molecule has 2 atom stereocenters. The number of fused-ring (bicyclic) bond motifs is 2. The van der Waals surface area contributed by atoms with Gasteiger partial charge in [-0.3, -0.25) is 38.4 Å². The third-order valence-corrected chi connectivity index (χ3v) is 14.9. The van der Waals surface area contributed by atoms with Gasteiger partial charge in [0.25, 0.3) is 18.3 Å². The normalized spacial score (nSPS) is 23.9. The van der Waals surface area contributed by atoms with Crippen LogP contribution < -0.4 is 26.1 Å². The average Bonchev–Trinajstić information content (AvgIpc) is 3.95. The maximum absolute atomic E-state index is 16.2. The third-order valence-electron chi connectivity index (χ3n) is 13.3. The number of aromatic nitrogens is 7. The van der Waals surface area contributed by atoms with Crippen molar-refractivity contribution >= 4 is 61.4 Å². The van der Waals surface area contributed by atoms with Crippen LogP contribution in [-0.4, -0.2) is 128 Å². The monoisotopic (exact) mass is 912 g/mol. The summed E-state index contributed by atoms with van der Waals surface area (Å²) >= 11 is 0. The minimum atomic E-state index is -3.13. The number of para-hydroxylation sites is 1. The summed E-state index contributed by atoms with van der Waals surface area (Å²) in [5, 5.41) is 13.2. The number of anilines is 3. The highest BCUT2D eigenvalue weighted by molar-refractivity contribution is 7.91. The maximum Gasteiger partial charge on any atom is 0.329 e. The molecular formula is C41H48F4N12O6S. The number of imidazole rings is 1. The highest BCUT2D eigenvalue weighted by atomic mass is 32.2. The van der Waals surface area contributed by atoms with E-state index in [1.54, 1.807) is 59.3 Å². The standard InChI is InChI=1S/C41H48F4N12O6S/c1-51(31-12-14-54(23-41(31,44)45)28-4-3-5-29-35(28)52(2)40(61)57(29)30-10-11-33(58)49-39(30)60)21-24-6-8-25(9-7-24)56-22-27(34(50-56)36(42)43)47-38(59)26-20-46-55-15-13-32(48-37(26)55)53-16-18-64(62,63)19-17-53/h3-5,13,15,20,22,24-25,30-31,36H,6-12,14,16-19,21,23H2,1-2H3,(H,47,59)(H,49,58,60). The molecule has 7 heterocycles. The fraction of sp³-hybridized carbons (Fsp3) is 0.537. The molecule has 1 aromatic carbocycles. The van der Waals surface area contributed by atoms with Gasteiger partial charge in [0.05, 0.1) is 58.7 Å². The van der Waals surface area contributed by atoms with Crippen LogP contribution in [0.3, 0.4) is 0 Å². The summed E-state index contributed by atoms with van der Waals surface area (Å²) in [6, 6.07) is 4.49. The van der Waals surface area contributed by atoms with Gasteiger partial charge in [-0.25, -0.2) is 40.3 Å². The van der Waals surface area contributed by atoms with Crippen molar-refractivity contribution in [1.82, 2.24) is 43.7 Å². The van der Waals surface area contributed by atoms with Crippen molar-refractivity contribution in [3.63, 3.8) is 0 Å². The fourth-order valence-corrected chi connectivity index (χ4v) is 11.1. The van der Waals surface area contributed by atoms with Crippen LogP contribution in [0.4, 0.5) is 34.8 Å². The van der Waals surface area contributed by atoms with Crippen LogP contribution in [-0.2, 0) is 26.5 Å². The number of alkyl halides is 4. The maximum atomic E-state index is 16.2. The molecule has 3 amide bonds. The Hall–Kier alpha value is -5.84. The molecule has 1 saturated carbocycles. The zero-order valence-electron chi connectivity index (χ0n) is 35.2. The number of imide groups is 1. The number of carbonyl (C=O) groups excluding carboxylic acids is 3. The van der Waals surface area contributed by atoms with E-state index in [2.05, 4.69) is 25.8 Å². The van der Waals surface area contributed by atoms with Gasteiger partial charge in [0, 0.05) is 52.0 Å². The predicted octanol–water partition coefficient (Wildman–Crippen LogP) is 3.56. The van der Waals surface area contributed by atoms with E-state index in [9.17, 15) is 36.4 Å². The molecule has 9 rings (SSSR count). The summed E-state index contributed by atoms with van der Waals surface area (Å²) in [6.45, 7) is 0.592. The van der Waals surface area contributed by atoms with E-state index in [1.165, 1.54) is 30.7 Å². The smallest absolute Gasteiger partial charge is 0.329 e. The molecule has 2 N–H and O–H groups in total. The summed E-state index contributed by atoms with van der Waals surface area (Å²) < 4.78 is 90.3. The molecule has 4 fully saturated rings. The molecule has 4 aliphatic rings. The zero-order valence-corrected chi connectivity index (χ0v) is 36.0. The Morgan fingerprint density at radius 3 is 2.47 bits per heavy atom. The van der Waals surface area contributed by atoms with Crippen LogP contribution in [0.5, 0.6) is 0 Å². The number of nitrogens with zero attached hydrogens (tertiary/aromatic N) is 10. The minimum absolute atomic E-state index is 0.0231. The van der Waals surface area contributed by atoms with Crippen LogP contribution in [0.25, 0.3) is 16.7 Å². The number of sulfone groups is 1. The van der Waals surface area contributed by atoms with Crippen molar-refractivity contribution in [3.05, 3.63) is 64.6 Å². The molecule has 0 bridgehead atoms. The molecule has 2 unspecified atom stereocenters. The quantitative estimate of drug-likeness (QED) is 0.153. The van der Waals surface area contributed by atoms with Gasteiger partial charge < -0.3 is 15.1 Å². The number of carbonyl (C=O) groups is 3. The van der Waals surface area contributed by atoms with Gasteiger partial charge in [-0.05, 0) is 69.7 Å². The molecule has 18 nitrogen and oxygen atoms in total. The zero-order chi connectivity index (χ0) is 45.2. The molecule has 23 heteroatoms. The number of piperidine rings is 2. The summed E-state index contributed by atoms with van der Waals surface area (Å²) in [5.41, 5.74) is 0.289. The van der Waals surface area contributed by atoms with Crippen molar-refractivity contribution in [2.24, 2.45) is 13.0 Å². The van der Waals surface area contributed by atoms with Crippen molar-refractivity contribution in [1.29, 1.82) is 0 Å². The van der Waals surface area contributed by atoms with E-state index < -0.39 is 69.9 Å². The van der Waals surface area contributed by atoms with E-state index in [0.29, 0.717) is 61.3 Å². The van der Waals surface area contributed by atoms with Crippen LogP contribution in [0.2, 0.25) is 0 Å². The van der Waals surface area contributed by atoms with Crippen molar-refractivity contribution in [2.45, 2.75) is 75.4 Å². The van der Waals surface area contributed by atoms with Crippen LogP contribution >= 0.6 is 0 Å². The molecule has 1 aliphatic carbocycles. The Kier molecular flexibility index (Phi) is 11.3. The highest BCUT2D eigenvalue weighted by Crippen LogP contribution is 2.39. The lowest BCUT2D eigenvalue weighted by molar-refractivity contribution is -0.135. The second-order valence-corrected chi connectivity index (χ2v) is 19.6. The first kappa shape index (κ1) is 43.4. The number of aryl methyl sites for hydroxylation is 1. The van der Waals surface area contributed by atoms with Crippen molar-refractivity contribution in [3.8, 4) is 0 Å². The lowest BCUT2D eigenvalue weighted by atomic mass is 9.85. The van der Waals surface area contributed by atoms with Crippen LogP contribution in [0, 0.1) is 5.92 Å². The largest absolute Gasteiger partial charge is 0.364 e. The molecule has 3 aliphatic heterocycles. The SMILES string of the molecule is CN(CC1CCC(n2cc(NC(=O)c3cnn4ccc(N5CCS(=O)(=O)CC5)nc34)c(C(F)F)n2)CC1)C1CCN(c2cccc3c2n(C)c(=O)n3C2CCC(=O)NC2=O)CC1(F)F. The van der Waals surface area contributed by atoms with Crippen LogP contribution in [0.15, 0.2) is 47.7 Å². The second-order valence-electron chi connectivity index (χ2n) is 17.3. The van der Waals surface area contributed by atoms with Gasteiger partial charge in [-0.2, -0.15) is 10.2 Å². The lowest BCUT2D eigenvalue weighted by Crippen LogP contribution is -2.58. The molecule has 3 saturated heterocycles. The number of hydrogen-bond donors (Lipinski definition) is 2. The van der Waals surface area contributed by atoms with Gasteiger partial charge in [-0.1, -0.05) is 6.07 Å². The summed E-state index contributed by atoms with van der Waals surface area (Å²) in [5.74, 6) is -4.36. The van der Waals surface area contributed by atoms with Crippen molar-refractivity contribution in [2.75, 3.05) is 66.4 Å². The van der Waals surface area contributed by atoms with Gasteiger partial charge in [0.15, 0.2) is 21.2 Å². The van der Waals surface area contributed by atoms with E-state index in [0.717, 1.165) is 0 Å². The molecule has 4 aromatic heterocycles. The van der Waals surface area contributed by atoms with E-state index in [4.69, 9.17) is 0 Å². The summed E-state index contributed by atoms with van der Waals surface area (Å²) in [6.07, 6.45) is 4.06. The second kappa shape index (κ2) is 16.6. The molecule has 64 heavy (non-hydrogen) atoms. The number of benzene rings is 1. The van der Waals surface area contributed by atoms with Crippen LogP contribution in [0.1, 0.15) is 79.5 Å². The molecule has 5 aromatic rings. The minimum Gasteiger partial charge on any atom is -0.364 e. The highest BCUT2D eigenvalue weighted by Gasteiger charge is 2.47. The fourth-order valence-electron chi connectivity index (χ4n) is 9.88. The van der Waals surface area contributed by atoms with E-state index >= 15 is 8.78 Å². The number of nitrogens with one attached hydrogen (secondary N) is 2. The van der Waals surface area contributed by atoms with E-state index in [-0.39, 0.29) is 72.7 Å². The summed E-state index contributed by atoms with van der Waals surface area (Å²) in [4.78, 5) is 61.1. The topological polar surface area (TPSA) is 194 Å². The first-order valence-electron chi connectivity index (χ1n) is 21.3. The number of amides is 3.